The molecule has 1 heterocycles. The summed E-state index contributed by atoms with van der Waals surface area (Å²) >= 11 is 1.67. The van der Waals surface area contributed by atoms with Crippen LogP contribution in [0.3, 0.4) is 0 Å². The van der Waals surface area contributed by atoms with Gasteiger partial charge < -0.3 is 10.5 Å². The fourth-order valence-electron chi connectivity index (χ4n) is 1.76. The topological polar surface area (TPSA) is 48.1 Å². The molecule has 0 aromatic carbocycles. The van der Waals surface area contributed by atoms with Crippen molar-refractivity contribution in [2.45, 2.75) is 39.3 Å². The van der Waals surface area contributed by atoms with Gasteiger partial charge in [-0.05, 0) is 12.8 Å². The van der Waals surface area contributed by atoms with Crippen LogP contribution in [0, 0.1) is 12.8 Å². The van der Waals surface area contributed by atoms with Crippen molar-refractivity contribution in [2.75, 3.05) is 7.11 Å². The zero-order chi connectivity index (χ0) is 11.4. The number of ether oxygens (including phenoxy) is 1. The van der Waals surface area contributed by atoms with E-state index < -0.39 is 0 Å². The molecule has 0 radical (unpaired) electrons. The largest absolute Gasteiger partial charge is 0.380 e. The van der Waals surface area contributed by atoms with Gasteiger partial charge in [-0.1, -0.05) is 13.8 Å². The van der Waals surface area contributed by atoms with E-state index >= 15 is 0 Å². The minimum Gasteiger partial charge on any atom is -0.380 e. The average molecular weight is 228 g/mol. The number of nitrogens with zero attached hydrogens (tertiary/aromatic N) is 1. The summed E-state index contributed by atoms with van der Waals surface area (Å²) in [7, 11) is 1.72. The first-order valence-corrected chi connectivity index (χ1v) is 6.12. The van der Waals surface area contributed by atoms with Crippen LogP contribution in [0.15, 0.2) is 5.38 Å². The summed E-state index contributed by atoms with van der Waals surface area (Å²) in [4.78, 5) is 4.41. The van der Waals surface area contributed by atoms with Crippen molar-refractivity contribution < 1.29 is 4.74 Å². The van der Waals surface area contributed by atoms with Crippen LogP contribution in [0.25, 0.3) is 0 Å². The van der Waals surface area contributed by atoms with Gasteiger partial charge in [0.2, 0.25) is 0 Å². The molecule has 0 fully saturated rings. The van der Waals surface area contributed by atoms with Crippen molar-refractivity contribution in [1.82, 2.24) is 4.98 Å². The van der Waals surface area contributed by atoms with Crippen LogP contribution in [0.4, 0.5) is 0 Å². The second-order valence-corrected chi connectivity index (χ2v) is 5.14. The molecule has 0 saturated heterocycles. The first-order chi connectivity index (χ1) is 7.04. The van der Waals surface area contributed by atoms with E-state index in [0.29, 0.717) is 5.92 Å². The van der Waals surface area contributed by atoms with E-state index in [1.807, 2.05) is 6.92 Å². The normalized spacial score (nSPS) is 15.6. The summed E-state index contributed by atoms with van der Waals surface area (Å²) in [5.74, 6) is 0.436. The molecule has 4 heteroatoms. The highest BCUT2D eigenvalue weighted by Crippen LogP contribution is 2.16. The van der Waals surface area contributed by atoms with Crippen LogP contribution in [0.2, 0.25) is 0 Å². The highest BCUT2D eigenvalue weighted by Gasteiger charge is 2.21. The summed E-state index contributed by atoms with van der Waals surface area (Å²) in [6, 6.07) is 0.0283. The zero-order valence-electron chi connectivity index (χ0n) is 9.86. The lowest BCUT2D eigenvalue weighted by atomic mass is 9.98. The van der Waals surface area contributed by atoms with E-state index in [-0.39, 0.29) is 12.1 Å². The minimum absolute atomic E-state index is 0.0283. The summed E-state index contributed by atoms with van der Waals surface area (Å²) in [5.41, 5.74) is 7.18. The number of hydrogen-bond donors (Lipinski definition) is 1. The van der Waals surface area contributed by atoms with Gasteiger partial charge in [-0.15, -0.1) is 11.3 Å². The molecule has 1 aromatic heterocycles. The maximum absolute atomic E-state index is 6.11. The lowest BCUT2D eigenvalue weighted by Gasteiger charge is -2.25. The molecule has 86 valence electrons. The summed E-state index contributed by atoms with van der Waals surface area (Å²) < 4.78 is 5.40. The fraction of sp³-hybridized carbons (Fsp3) is 0.727. The van der Waals surface area contributed by atoms with E-state index in [1.54, 1.807) is 18.4 Å². The maximum Gasteiger partial charge on any atom is 0.0944 e. The first-order valence-electron chi connectivity index (χ1n) is 5.24. The zero-order valence-corrected chi connectivity index (χ0v) is 10.7. The summed E-state index contributed by atoms with van der Waals surface area (Å²) in [6.45, 7) is 6.25. The molecule has 0 saturated carbocycles. The Bertz CT molecular complexity index is 299. The number of rotatable bonds is 5. The molecule has 2 unspecified atom stereocenters. The van der Waals surface area contributed by atoms with Crippen LogP contribution in [0.5, 0.6) is 0 Å². The van der Waals surface area contributed by atoms with Crippen LogP contribution >= 0.6 is 11.3 Å². The van der Waals surface area contributed by atoms with Gasteiger partial charge in [-0.25, -0.2) is 4.98 Å². The molecule has 2 N–H and O–H groups in total. The Kier molecular flexibility index (Phi) is 4.70. The van der Waals surface area contributed by atoms with Crippen molar-refractivity contribution in [2.24, 2.45) is 11.7 Å². The third-order valence-corrected chi connectivity index (χ3v) is 3.42. The third kappa shape index (κ3) is 3.55. The monoisotopic (exact) mass is 228 g/mol. The highest BCUT2D eigenvalue weighted by atomic mass is 32.1. The van der Waals surface area contributed by atoms with Gasteiger partial charge in [0.15, 0.2) is 0 Å². The van der Waals surface area contributed by atoms with Crippen LogP contribution in [-0.4, -0.2) is 24.2 Å². The van der Waals surface area contributed by atoms with Crippen molar-refractivity contribution in [1.29, 1.82) is 0 Å². The molecule has 15 heavy (non-hydrogen) atoms. The average Bonchev–Trinajstić information content (AvgIpc) is 2.51. The quantitative estimate of drug-likeness (QED) is 0.838. The molecule has 1 aromatic rings. The Morgan fingerprint density at radius 3 is 2.60 bits per heavy atom. The molecule has 0 aliphatic heterocycles. The second-order valence-electron chi connectivity index (χ2n) is 4.19. The number of thiazole rings is 1. The van der Waals surface area contributed by atoms with Crippen LogP contribution < -0.4 is 5.73 Å². The molecule has 0 aliphatic carbocycles. The lowest BCUT2D eigenvalue weighted by molar-refractivity contribution is 0.0441. The van der Waals surface area contributed by atoms with Crippen molar-refractivity contribution in [3.63, 3.8) is 0 Å². The smallest absolute Gasteiger partial charge is 0.0944 e. The molecule has 2 atom stereocenters. The van der Waals surface area contributed by atoms with E-state index in [1.165, 1.54) is 0 Å². The molecular weight excluding hydrogens is 208 g/mol. The van der Waals surface area contributed by atoms with Gasteiger partial charge in [0.1, 0.15) is 0 Å². The van der Waals surface area contributed by atoms with Gasteiger partial charge in [0.05, 0.1) is 11.1 Å². The Morgan fingerprint density at radius 1 is 1.53 bits per heavy atom. The number of aromatic nitrogens is 1. The number of nitrogens with two attached hydrogens (primary N) is 1. The van der Waals surface area contributed by atoms with Crippen LogP contribution in [0.1, 0.15) is 24.5 Å². The van der Waals surface area contributed by atoms with Gasteiger partial charge in [-0.3, -0.25) is 0 Å². The Labute approximate surface area is 95.7 Å². The van der Waals surface area contributed by atoms with Gasteiger partial charge in [0, 0.05) is 30.6 Å². The molecule has 0 bridgehead atoms. The molecule has 0 spiro atoms. The fourth-order valence-corrected chi connectivity index (χ4v) is 2.60. The number of aryl methyl sites for hydroxylation is 1. The van der Waals surface area contributed by atoms with E-state index in [0.717, 1.165) is 17.1 Å². The standard InChI is InChI=1S/C11H20N2OS/c1-7(2)11(14-4)9(12)5-10-13-8(3)6-15-10/h6-7,9,11H,5,12H2,1-4H3. The summed E-state index contributed by atoms with van der Waals surface area (Å²) in [5, 5.41) is 3.15. The number of hydrogen-bond acceptors (Lipinski definition) is 4. The van der Waals surface area contributed by atoms with Gasteiger partial charge >= 0.3 is 0 Å². The Hall–Kier alpha value is -0.450. The van der Waals surface area contributed by atoms with Crippen LogP contribution in [-0.2, 0) is 11.2 Å². The maximum atomic E-state index is 6.11. The van der Waals surface area contributed by atoms with Crippen molar-refractivity contribution in [3.05, 3.63) is 16.1 Å². The van der Waals surface area contributed by atoms with Gasteiger partial charge in [0.25, 0.3) is 0 Å². The minimum atomic E-state index is 0.0283. The first kappa shape index (κ1) is 12.6. The second kappa shape index (κ2) is 5.58. The van der Waals surface area contributed by atoms with Crippen molar-refractivity contribution in [3.8, 4) is 0 Å². The predicted octanol–water partition coefficient (Wildman–Crippen LogP) is 1.99. The predicted molar refractivity (Wildman–Crippen MR) is 64.2 cm³/mol. The molecule has 1 rings (SSSR count). The third-order valence-electron chi connectivity index (χ3n) is 2.43. The van der Waals surface area contributed by atoms with E-state index in [2.05, 4.69) is 24.2 Å². The lowest BCUT2D eigenvalue weighted by Crippen LogP contribution is -2.41. The molecular formula is C11H20N2OS. The highest BCUT2D eigenvalue weighted by molar-refractivity contribution is 7.09. The van der Waals surface area contributed by atoms with Gasteiger partial charge in [-0.2, -0.15) is 0 Å². The van der Waals surface area contributed by atoms with E-state index in [4.69, 9.17) is 10.5 Å². The number of methoxy groups -OCH3 is 1. The molecule has 3 nitrogen and oxygen atoms in total. The SMILES string of the molecule is COC(C(C)C)C(N)Cc1nc(C)cs1. The van der Waals surface area contributed by atoms with E-state index in [9.17, 15) is 0 Å². The van der Waals surface area contributed by atoms with Crippen molar-refractivity contribution >= 4 is 11.3 Å². The Morgan fingerprint density at radius 2 is 2.20 bits per heavy atom. The molecule has 0 amide bonds. The Balaban J connectivity index is 2.57. The summed E-state index contributed by atoms with van der Waals surface area (Å²) in [6.07, 6.45) is 0.907. The molecule has 0 aliphatic rings.